The molecule has 0 fully saturated rings. The summed E-state index contributed by atoms with van der Waals surface area (Å²) in [7, 11) is 0. The van der Waals surface area contributed by atoms with Gasteiger partial charge in [0.25, 0.3) is 5.91 Å². The number of benzene rings is 1. The Morgan fingerprint density at radius 1 is 0.962 bits per heavy atom. The van der Waals surface area contributed by atoms with Gasteiger partial charge >= 0.3 is 0 Å². The number of carbonyl (C=O) groups excluding carboxylic acids is 1. The summed E-state index contributed by atoms with van der Waals surface area (Å²) in [6.07, 6.45) is 3.44. The van der Waals surface area contributed by atoms with E-state index in [4.69, 9.17) is 0 Å². The van der Waals surface area contributed by atoms with E-state index in [2.05, 4.69) is 27.1 Å². The highest BCUT2D eigenvalue weighted by Gasteiger charge is 2.05. The second kappa shape index (κ2) is 8.55. The van der Waals surface area contributed by atoms with Crippen molar-refractivity contribution in [3.05, 3.63) is 73.6 Å². The van der Waals surface area contributed by atoms with E-state index >= 15 is 0 Å². The van der Waals surface area contributed by atoms with Gasteiger partial charge in [-0.3, -0.25) is 10.2 Å². The molecule has 0 aliphatic heterocycles. The summed E-state index contributed by atoms with van der Waals surface area (Å²) in [5, 5.41) is 12.3. The molecule has 0 radical (unpaired) electrons. The van der Waals surface area contributed by atoms with Crippen LogP contribution < -0.4 is 10.9 Å². The lowest BCUT2D eigenvalue weighted by Crippen LogP contribution is -2.17. The van der Waals surface area contributed by atoms with E-state index in [9.17, 15) is 4.79 Å². The summed E-state index contributed by atoms with van der Waals surface area (Å²) in [5.41, 5.74) is 9.07. The van der Waals surface area contributed by atoms with Crippen molar-refractivity contribution in [1.29, 1.82) is 0 Å². The van der Waals surface area contributed by atoms with Gasteiger partial charge in [-0.05, 0) is 66.1 Å². The third kappa shape index (κ3) is 4.65. The zero-order valence-electron chi connectivity index (χ0n) is 14.4. The molecule has 2 aromatic heterocycles. The molecule has 3 aromatic rings. The third-order valence-corrected chi connectivity index (χ3v) is 5.56. The number of carbonyl (C=O) groups is 1. The molecule has 7 heteroatoms. The molecule has 0 aliphatic rings. The van der Waals surface area contributed by atoms with E-state index in [1.165, 1.54) is 5.56 Å². The van der Waals surface area contributed by atoms with E-state index in [-0.39, 0.29) is 5.91 Å². The number of nitrogens with zero attached hydrogens (tertiary/aromatic N) is 2. The zero-order valence-corrected chi connectivity index (χ0v) is 16.0. The number of thiophene rings is 2. The standard InChI is InChI=1S/C19H18N4OS2/c1-13-6-8-25-17(13)11-20-22-16-5-3-4-15(10-16)19(24)23-21-12-18-14(2)7-9-26-18/h3-12,22H,1-2H3,(H,23,24). The van der Waals surface area contributed by atoms with E-state index < -0.39 is 0 Å². The fourth-order valence-corrected chi connectivity index (χ4v) is 3.72. The van der Waals surface area contributed by atoms with Crippen LogP contribution in [-0.4, -0.2) is 18.3 Å². The van der Waals surface area contributed by atoms with Gasteiger partial charge in [-0.25, -0.2) is 5.43 Å². The van der Waals surface area contributed by atoms with Crippen LogP contribution in [0, 0.1) is 13.8 Å². The lowest BCUT2D eigenvalue weighted by Gasteiger charge is -2.03. The Labute approximate surface area is 160 Å². The summed E-state index contributed by atoms with van der Waals surface area (Å²) < 4.78 is 0. The lowest BCUT2D eigenvalue weighted by molar-refractivity contribution is 0.0955. The molecule has 0 unspecified atom stereocenters. The molecule has 1 amide bonds. The maximum absolute atomic E-state index is 12.2. The minimum atomic E-state index is -0.266. The Morgan fingerprint density at radius 3 is 2.23 bits per heavy atom. The van der Waals surface area contributed by atoms with Crippen molar-refractivity contribution in [2.24, 2.45) is 10.2 Å². The molecular formula is C19H18N4OS2. The van der Waals surface area contributed by atoms with Crippen LogP contribution in [0.5, 0.6) is 0 Å². The van der Waals surface area contributed by atoms with Gasteiger partial charge in [0.15, 0.2) is 0 Å². The molecule has 0 aliphatic carbocycles. The largest absolute Gasteiger partial charge is 0.278 e. The van der Waals surface area contributed by atoms with Crippen molar-refractivity contribution in [2.45, 2.75) is 13.8 Å². The van der Waals surface area contributed by atoms with Gasteiger partial charge in [0, 0.05) is 15.3 Å². The number of hydrogen-bond donors (Lipinski definition) is 2. The number of amides is 1. The molecule has 0 saturated carbocycles. The Balaban J connectivity index is 1.60. The van der Waals surface area contributed by atoms with Crippen LogP contribution in [0.1, 0.15) is 31.2 Å². The molecular weight excluding hydrogens is 364 g/mol. The maximum Gasteiger partial charge on any atom is 0.271 e. The van der Waals surface area contributed by atoms with Crippen LogP contribution in [0.25, 0.3) is 0 Å². The first kappa shape index (κ1) is 18.0. The molecule has 0 saturated heterocycles. The van der Waals surface area contributed by atoms with Gasteiger partial charge in [-0.15, -0.1) is 22.7 Å². The van der Waals surface area contributed by atoms with E-state index in [0.717, 1.165) is 21.0 Å². The van der Waals surface area contributed by atoms with Gasteiger partial charge in [0.2, 0.25) is 0 Å². The zero-order chi connectivity index (χ0) is 18.4. The van der Waals surface area contributed by atoms with Crippen LogP contribution in [0.3, 0.4) is 0 Å². The van der Waals surface area contributed by atoms with E-state index in [1.54, 1.807) is 53.3 Å². The monoisotopic (exact) mass is 382 g/mol. The normalized spacial score (nSPS) is 11.3. The molecule has 1 aromatic carbocycles. The number of anilines is 1. The van der Waals surface area contributed by atoms with Gasteiger partial charge in [0.1, 0.15) is 0 Å². The number of hydrogen-bond acceptors (Lipinski definition) is 6. The highest BCUT2D eigenvalue weighted by molar-refractivity contribution is 7.12. The van der Waals surface area contributed by atoms with Gasteiger partial charge in [-0.2, -0.15) is 10.2 Å². The molecule has 0 atom stereocenters. The molecule has 5 nitrogen and oxygen atoms in total. The maximum atomic E-state index is 12.2. The number of nitrogens with one attached hydrogen (secondary N) is 2. The highest BCUT2D eigenvalue weighted by Crippen LogP contribution is 2.14. The first-order valence-electron chi connectivity index (χ1n) is 7.94. The Kier molecular flexibility index (Phi) is 5.93. The van der Waals surface area contributed by atoms with Crippen molar-refractivity contribution in [3.63, 3.8) is 0 Å². The average molecular weight is 383 g/mol. The van der Waals surface area contributed by atoms with Crippen molar-refractivity contribution >= 4 is 46.7 Å². The minimum Gasteiger partial charge on any atom is -0.278 e. The molecule has 3 rings (SSSR count). The molecule has 0 bridgehead atoms. The number of hydrazone groups is 2. The Morgan fingerprint density at radius 2 is 1.62 bits per heavy atom. The predicted molar refractivity (Wildman–Crippen MR) is 111 cm³/mol. The van der Waals surface area contributed by atoms with Crippen molar-refractivity contribution in [1.82, 2.24) is 5.43 Å². The predicted octanol–water partition coefficient (Wildman–Crippen LogP) is 4.64. The smallest absolute Gasteiger partial charge is 0.271 e. The quantitative estimate of drug-likeness (QED) is 0.482. The fourth-order valence-electron chi connectivity index (χ4n) is 2.14. The minimum absolute atomic E-state index is 0.266. The Bertz CT molecular complexity index is 956. The van der Waals surface area contributed by atoms with E-state index in [1.807, 2.05) is 36.7 Å². The van der Waals surface area contributed by atoms with Gasteiger partial charge < -0.3 is 0 Å². The van der Waals surface area contributed by atoms with Crippen LogP contribution in [0.4, 0.5) is 5.69 Å². The highest BCUT2D eigenvalue weighted by atomic mass is 32.1. The molecule has 132 valence electrons. The summed E-state index contributed by atoms with van der Waals surface area (Å²) in [5.74, 6) is -0.266. The SMILES string of the molecule is Cc1ccsc1C=NNC(=O)c1cccc(NN=Cc2sccc2C)c1. The van der Waals surface area contributed by atoms with Crippen molar-refractivity contribution in [3.8, 4) is 0 Å². The Hall–Kier alpha value is -2.77. The lowest BCUT2D eigenvalue weighted by atomic mass is 10.2. The molecule has 0 spiro atoms. The van der Waals surface area contributed by atoms with Crippen molar-refractivity contribution in [2.75, 3.05) is 5.43 Å². The second-order valence-electron chi connectivity index (χ2n) is 5.59. The topological polar surface area (TPSA) is 65.8 Å². The summed E-state index contributed by atoms with van der Waals surface area (Å²) in [6.45, 7) is 4.05. The third-order valence-electron chi connectivity index (χ3n) is 3.65. The number of aryl methyl sites for hydroxylation is 2. The van der Waals surface area contributed by atoms with Gasteiger partial charge in [-0.1, -0.05) is 6.07 Å². The van der Waals surface area contributed by atoms with Crippen LogP contribution >= 0.6 is 22.7 Å². The molecule has 26 heavy (non-hydrogen) atoms. The summed E-state index contributed by atoms with van der Waals surface area (Å²) in [6, 6.07) is 11.2. The van der Waals surface area contributed by atoms with E-state index in [0.29, 0.717) is 5.56 Å². The first-order valence-corrected chi connectivity index (χ1v) is 9.70. The second-order valence-corrected chi connectivity index (χ2v) is 7.48. The molecule has 2 N–H and O–H groups in total. The van der Waals surface area contributed by atoms with Crippen LogP contribution in [-0.2, 0) is 0 Å². The average Bonchev–Trinajstić information content (AvgIpc) is 3.24. The number of rotatable bonds is 6. The molecule has 2 heterocycles. The van der Waals surface area contributed by atoms with Crippen LogP contribution in [0.2, 0.25) is 0 Å². The first-order chi connectivity index (χ1) is 12.6. The summed E-state index contributed by atoms with van der Waals surface area (Å²) in [4.78, 5) is 14.4. The van der Waals surface area contributed by atoms with Gasteiger partial charge in [0.05, 0.1) is 18.1 Å². The van der Waals surface area contributed by atoms with Crippen molar-refractivity contribution < 1.29 is 4.79 Å². The fraction of sp³-hybridized carbons (Fsp3) is 0.105. The van der Waals surface area contributed by atoms with Crippen LogP contribution in [0.15, 0.2) is 57.4 Å². The summed E-state index contributed by atoms with van der Waals surface area (Å²) >= 11 is 3.22.